The third kappa shape index (κ3) is 4.31. The normalized spacial score (nSPS) is 12.8. The van der Waals surface area contributed by atoms with Crippen LogP contribution in [0.3, 0.4) is 0 Å². The molecule has 0 aliphatic rings. The van der Waals surface area contributed by atoms with E-state index in [0.29, 0.717) is 0 Å². The van der Waals surface area contributed by atoms with Gasteiger partial charge in [0.2, 0.25) is 0 Å². The summed E-state index contributed by atoms with van der Waals surface area (Å²) >= 11 is 5.88. The van der Waals surface area contributed by atoms with Gasteiger partial charge in [-0.1, -0.05) is 22.9 Å². The second-order valence-corrected chi connectivity index (χ2v) is 5.51. The summed E-state index contributed by atoms with van der Waals surface area (Å²) in [6.07, 6.45) is 0. The van der Waals surface area contributed by atoms with Gasteiger partial charge in [0.05, 0.1) is 12.6 Å². The Morgan fingerprint density at radius 2 is 2.19 bits per heavy atom. The lowest BCUT2D eigenvalue weighted by Crippen LogP contribution is -2.26. The molecule has 16 heavy (non-hydrogen) atoms. The van der Waals surface area contributed by atoms with E-state index in [-0.39, 0.29) is 6.04 Å². The minimum absolute atomic E-state index is 0.273. The number of nitrogens with one attached hydrogen (secondary N) is 1. The molecule has 4 heteroatoms. The van der Waals surface area contributed by atoms with Gasteiger partial charge in [0.25, 0.3) is 0 Å². The van der Waals surface area contributed by atoms with Crippen LogP contribution >= 0.6 is 38.5 Å². The third-order valence-electron chi connectivity index (χ3n) is 2.27. The number of likely N-dealkylation sites (N-methyl/N-ethyl adjacent to an activating group) is 1. The van der Waals surface area contributed by atoms with E-state index in [4.69, 9.17) is 4.74 Å². The molecule has 0 heterocycles. The first-order valence-electron chi connectivity index (χ1n) is 5.45. The van der Waals surface area contributed by atoms with Gasteiger partial charge >= 0.3 is 0 Å². The first kappa shape index (κ1) is 14.4. The maximum absolute atomic E-state index is 5.52. The van der Waals surface area contributed by atoms with Crippen molar-refractivity contribution in [3.63, 3.8) is 0 Å². The summed E-state index contributed by atoms with van der Waals surface area (Å²) < 4.78 is 7.90. The van der Waals surface area contributed by atoms with Crippen molar-refractivity contribution in [3.05, 3.63) is 31.8 Å². The predicted molar refractivity (Wildman–Crippen MR) is 79.8 cm³/mol. The number of benzene rings is 1. The Morgan fingerprint density at radius 3 is 2.81 bits per heavy atom. The number of rotatable bonds is 6. The highest BCUT2D eigenvalue weighted by Crippen LogP contribution is 2.24. The average molecular weight is 398 g/mol. The van der Waals surface area contributed by atoms with Crippen LogP contribution in [0.25, 0.3) is 0 Å². The van der Waals surface area contributed by atoms with E-state index in [1.165, 1.54) is 9.13 Å². The van der Waals surface area contributed by atoms with E-state index < -0.39 is 0 Å². The molecule has 0 spiro atoms. The maximum Gasteiger partial charge on any atom is 0.0661 e. The molecule has 0 saturated carbocycles. The van der Waals surface area contributed by atoms with Crippen LogP contribution in [0.15, 0.2) is 22.7 Å². The monoisotopic (exact) mass is 397 g/mol. The Balaban J connectivity index is 2.85. The van der Waals surface area contributed by atoms with Crippen LogP contribution < -0.4 is 5.32 Å². The maximum atomic E-state index is 5.52. The van der Waals surface area contributed by atoms with E-state index >= 15 is 0 Å². The molecule has 0 saturated heterocycles. The van der Waals surface area contributed by atoms with Crippen LogP contribution in [0.5, 0.6) is 0 Å². The van der Waals surface area contributed by atoms with Gasteiger partial charge in [-0.15, -0.1) is 0 Å². The lowest BCUT2D eigenvalue weighted by molar-refractivity contribution is 0.123. The predicted octanol–water partition coefficient (Wildman–Crippen LogP) is 3.74. The summed E-state index contributed by atoms with van der Waals surface area (Å²) in [6.45, 7) is 6.56. The SMILES string of the molecule is CCNC(COCC)c1cc(Br)ccc1I. The van der Waals surface area contributed by atoms with Gasteiger partial charge in [-0.2, -0.15) is 0 Å². The van der Waals surface area contributed by atoms with Crippen LogP contribution in [-0.2, 0) is 4.74 Å². The summed E-state index contributed by atoms with van der Waals surface area (Å²) in [4.78, 5) is 0. The molecule has 1 rings (SSSR count). The van der Waals surface area contributed by atoms with Crippen molar-refractivity contribution in [1.82, 2.24) is 5.32 Å². The topological polar surface area (TPSA) is 21.3 Å². The summed E-state index contributed by atoms with van der Waals surface area (Å²) in [5.41, 5.74) is 1.30. The Bertz CT molecular complexity index is 333. The molecule has 0 aromatic heterocycles. The van der Waals surface area contributed by atoms with Crippen molar-refractivity contribution in [2.75, 3.05) is 19.8 Å². The Morgan fingerprint density at radius 1 is 1.44 bits per heavy atom. The van der Waals surface area contributed by atoms with Gasteiger partial charge in [0.15, 0.2) is 0 Å². The van der Waals surface area contributed by atoms with Crippen molar-refractivity contribution in [2.24, 2.45) is 0 Å². The fourth-order valence-electron chi connectivity index (χ4n) is 1.52. The average Bonchev–Trinajstić information content (AvgIpc) is 2.28. The molecule has 2 nitrogen and oxygen atoms in total. The summed E-state index contributed by atoms with van der Waals surface area (Å²) in [6, 6.07) is 6.62. The lowest BCUT2D eigenvalue weighted by Gasteiger charge is -2.19. The van der Waals surface area contributed by atoms with E-state index in [1.807, 2.05) is 6.92 Å². The zero-order chi connectivity index (χ0) is 12.0. The number of hydrogen-bond acceptors (Lipinski definition) is 2. The molecule has 90 valence electrons. The fraction of sp³-hybridized carbons (Fsp3) is 0.500. The minimum Gasteiger partial charge on any atom is -0.380 e. The van der Waals surface area contributed by atoms with Gasteiger partial charge in [0, 0.05) is 14.6 Å². The van der Waals surface area contributed by atoms with E-state index in [0.717, 1.165) is 24.2 Å². The van der Waals surface area contributed by atoms with Crippen LogP contribution in [0.4, 0.5) is 0 Å². The fourth-order valence-corrected chi connectivity index (χ4v) is 2.61. The standard InChI is InChI=1S/C12H17BrINO/c1-3-15-12(8-16-4-2)10-7-9(13)5-6-11(10)14/h5-7,12,15H,3-4,8H2,1-2H3. The molecular formula is C12H17BrINO. The Labute approximate surface area is 119 Å². The molecular weight excluding hydrogens is 381 g/mol. The zero-order valence-corrected chi connectivity index (χ0v) is 13.3. The molecule has 1 aromatic carbocycles. The Hall–Kier alpha value is 0.350. The van der Waals surface area contributed by atoms with Gasteiger partial charge in [-0.25, -0.2) is 0 Å². The largest absolute Gasteiger partial charge is 0.380 e. The molecule has 1 unspecified atom stereocenters. The van der Waals surface area contributed by atoms with Gasteiger partial charge < -0.3 is 10.1 Å². The number of halogens is 2. The molecule has 0 bridgehead atoms. The molecule has 1 atom stereocenters. The molecule has 0 aliphatic heterocycles. The summed E-state index contributed by atoms with van der Waals surface area (Å²) in [7, 11) is 0. The summed E-state index contributed by atoms with van der Waals surface area (Å²) in [5.74, 6) is 0. The first-order chi connectivity index (χ1) is 7.69. The minimum atomic E-state index is 0.273. The van der Waals surface area contributed by atoms with Crippen molar-refractivity contribution in [2.45, 2.75) is 19.9 Å². The van der Waals surface area contributed by atoms with Gasteiger partial charge in [-0.05, 0) is 59.8 Å². The van der Waals surface area contributed by atoms with Crippen molar-refractivity contribution in [3.8, 4) is 0 Å². The highest BCUT2D eigenvalue weighted by Gasteiger charge is 2.13. The van der Waals surface area contributed by atoms with E-state index in [1.54, 1.807) is 0 Å². The highest BCUT2D eigenvalue weighted by molar-refractivity contribution is 14.1. The molecule has 1 N–H and O–H groups in total. The second-order valence-electron chi connectivity index (χ2n) is 3.44. The quantitative estimate of drug-likeness (QED) is 0.738. The molecule has 0 amide bonds. The lowest BCUT2D eigenvalue weighted by atomic mass is 10.1. The first-order valence-corrected chi connectivity index (χ1v) is 7.32. The van der Waals surface area contributed by atoms with Crippen molar-refractivity contribution < 1.29 is 4.74 Å². The van der Waals surface area contributed by atoms with E-state index in [2.05, 4.69) is 69.0 Å². The third-order valence-corrected chi connectivity index (χ3v) is 3.75. The van der Waals surface area contributed by atoms with Crippen LogP contribution in [-0.4, -0.2) is 19.8 Å². The molecule has 1 aromatic rings. The van der Waals surface area contributed by atoms with Crippen LogP contribution in [0.2, 0.25) is 0 Å². The highest BCUT2D eigenvalue weighted by atomic mass is 127. The van der Waals surface area contributed by atoms with Crippen molar-refractivity contribution in [1.29, 1.82) is 0 Å². The van der Waals surface area contributed by atoms with Crippen molar-refractivity contribution >= 4 is 38.5 Å². The summed E-state index contributed by atoms with van der Waals surface area (Å²) in [5, 5.41) is 3.45. The van der Waals surface area contributed by atoms with Crippen LogP contribution in [0, 0.1) is 3.57 Å². The second kappa shape index (κ2) is 7.63. The number of hydrogen-bond donors (Lipinski definition) is 1. The molecule has 0 aliphatic carbocycles. The number of ether oxygens (including phenoxy) is 1. The zero-order valence-electron chi connectivity index (χ0n) is 9.59. The molecule has 0 radical (unpaired) electrons. The van der Waals surface area contributed by atoms with Gasteiger partial charge in [-0.3, -0.25) is 0 Å². The smallest absolute Gasteiger partial charge is 0.0661 e. The van der Waals surface area contributed by atoms with E-state index in [9.17, 15) is 0 Å². The van der Waals surface area contributed by atoms with Gasteiger partial charge in [0.1, 0.15) is 0 Å². The Kier molecular flexibility index (Phi) is 6.87. The van der Waals surface area contributed by atoms with Crippen LogP contribution in [0.1, 0.15) is 25.5 Å². The molecule has 0 fully saturated rings.